The van der Waals surface area contributed by atoms with Gasteiger partial charge in [-0.05, 0) is 6.42 Å². The molecule has 1 aliphatic rings. The lowest BCUT2D eigenvalue weighted by molar-refractivity contribution is -0.127. The third kappa shape index (κ3) is 3.73. The number of rotatable bonds is 5. The Kier molecular flexibility index (Phi) is 4.34. The molecule has 0 radical (unpaired) electrons. The quantitative estimate of drug-likeness (QED) is 0.532. The molecule has 4 heteroatoms. The van der Waals surface area contributed by atoms with Crippen LogP contribution in [0.2, 0.25) is 0 Å². The second kappa shape index (κ2) is 5.53. The van der Waals surface area contributed by atoms with Gasteiger partial charge >= 0.3 is 0 Å². The number of hydrogen-bond donors (Lipinski definition) is 1. The first-order valence-corrected chi connectivity index (χ1v) is 5.28. The van der Waals surface area contributed by atoms with Crippen molar-refractivity contribution < 1.29 is 9.59 Å². The van der Waals surface area contributed by atoms with E-state index in [4.69, 9.17) is 0 Å². The molecule has 1 heterocycles. The number of hydrogen-bond acceptors (Lipinski definition) is 2. The molecule has 0 saturated carbocycles. The van der Waals surface area contributed by atoms with Gasteiger partial charge < -0.3 is 10.2 Å². The third-order valence-corrected chi connectivity index (χ3v) is 2.56. The summed E-state index contributed by atoms with van der Waals surface area (Å²) in [5.41, 5.74) is 0. The standard InChI is InChI=1S/C11H18N2O2/c1-3-10-7-11(15)13(8-10)6-4-5-12-9(2)14/h3,10H,1,4-8H2,2H3,(H,12,14). The van der Waals surface area contributed by atoms with Crippen LogP contribution >= 0.6 is 0 Å². The Morgan fingerprint density at radius 3 is 3.00 bits per heavy atom. The summed E-state index contributed by atoms with van der Waals surface area (Å²) in [6.45, 7) is 7.33. The zero-order valence-electron chi connectivity index (χ0n) is 9.16. The summed E-state index contributed by atoms with van der Waals surface area (Å²) in [5.74, 6) is 0.479. The minimum atomic E-state index is -0.0216. The van der Waals surface area contributed by atoms with E-state index in [2.05, 4.69) is 11.9 Å². The first-order valence-electron chi connectivity index (χ1n) is 5.28. The van der Waals surface area contributed by atoms with E-state index >= 15 is 0 Å². The maximum atomic E-state index is 11.5. The van der Waals surface area contributed by atoms with Crippen LogP contribution < -0.4 is 5.32 Å². The van der Waals surface area contributed by atoms with E-state index in [0.717, 1.165) is 19.5 Å². The molecule has 1 N–H and O–H groups in total. The van der Waals surface area contributed by atoms with Gasteiger partial charge in [-0.15, -0.1) is 6.58 Å². The van der Waals surface area contributed by atoms with Gasteiger partial charge in [-0.1, -0.05) is 6.08 Å². The Morgan fingerprint density at radius 1 is 1.73 bits per heavy atom. The van der Waals surface area contributed by atoms with E-state index in [1.54, 1.807) is 0 Å². The van der Waals surface area contributed by atoms with Crippen molar-refractivity contribution in [2.24, 2.45) is 5.92 Å². The van der Waals surface area contributed by atoms with Gasteiger partial charge in [0.25, 0.3) is 0 Å². The molecule has 4 nitrogen and oxygen atoms in total. The topological polar surface area (TPSA) is 49.4 Å². The monoisotopic (exact) mass is 210 g/mol. The van der Waals surface area contributed by atoms with Crippen molar-refractivity contribution in [3.8, 4) is 0 Å². The average molecular weight is 210 g/mol. The fourth-order valence-corrected chi connectivity index (χ4v) is 1.71. The van der Waals surface area contributed by atoms with Gasteiger partial charge in [0.2, 0.25) is 11.8 Å². The molecule has 0 bridgehead atoms. The van der Waals surface area contributed by atoms with Crippen LogP contribution in [0.3, 0.4) is 0 Å². The van der Waals surface area contributed by atoms with E-state index in [-0.39, 0.29) is 11.8 Å². The molecule has 2 amide bonds. The molecule has 0 aliphatic carbocycles. The van der Waals surface area contributed by atoms with Gasteiger partial charge in [0, 0.05) is 38.9 Å². The number of carbonyl (C=O) groups excluding carboxylic acids is 2. The zero-order chi connectivity index (χ0) is 11.3. The average Bonchev–Trinajstić information content (AvgIpc) is 2.54. The summed E-state index contributed by atoms with van der Waals surface area (Å²) in [7, 11) is 0. The molecule has 1 unspecified atom stereocenters. The Labute approximate surface area is 90.3 Å². The Hall–Kier alpha value is -1.32. The highest BCUT2D eigenvalue weighted by molar-refractivity contribution is 5.79. The Balaban J connectivity index is 2.19. The number of amides is 2. The van der Waals surface area contributed by atoms with Gasteiger partial charge in [0.15, 0.2) is 0 Å². The third-order valence-electron chi connectivity index (χ3n) is 2.56. The lowest BCUT2D eigenvalue weighted by Crippen LogP contribution is -2.30. The summed E-state index contributed by atoms with van der Waals surface area (Å²) in [4.78, 5) is 23.9. The molecule has 1 rings (SSSR count). The molecule has 15 heavy (non-hydrogen) atoms. The Morgan fingerprint density at radius 2 is 2.47 bits per heavy atom. The van der Waals surface area contributed by atoms with Gasteiger partial charge in [-0.25, -0.2) is 0 Å². The maximum absolute atomic E-state index is 11.5. The van der Waals surface area contributed by atoms with Crippen LogP contribution in [-0.4, -0.2) is 36.3 Å². The van der Waals surface area contributed by atoms with Crippen LogP contribution in [0, 0.1) is 5.92 Å². The van der Waals surface area contributed by atoms with Crippen LogP contribution in [0.15, 0.2) is 12.7 Å². The summed E-state index contributed by atoms with van der Waals surface area (Å²) < 4.78 is 0. The highest BCUT2D eigenvalue weighted by Crippen LogP contribution is 2.18. The van der Waals surface area contributed by atoms with E-state index in [0.29, 0.717) is 18.9 Å². The summed E-state index contributed by atoms with van der Waals surface area (Å²) in [6.07, 6.45) is 3.24. The summed E-state index contributed by atoms with van der Waals surface area (Å²) in [6, 6.07) is 0. The predicted molar refractivity (Wildman–Crippen MR) is 58.2 cm³/mol. The van der Waals surface area contributed by atoms with Gasteiger partial charge in [-0.2, -0.15) is 0 Å². The molecule has 0 aromatic heterocycles. The zero-order valence-corrected chi connectivity index (χ0v) is 9.16. The molecule has 0 aromatic carbocycles. The minimum absolute atomic E-state index is 0.0216. The molecule has 1 fully saturated rings. The lowest BCUT2D eigenvalue weighted by atomic mass is 10.1. The van der Waals surface area contributed by atoms with Crippen LogP contribution in [-0.2, 0) is 9.59 Å². The van der Waals surface area contributed by atoms with E-state index in [1.807, 2.05) is 11.0 Å². The molecule has 1 atom stereocenters. The lowest BCUT2D eigenvalue weighted by Gasteiger charge is -2.15. The Bertz CT molecular complexity index is 263. The summed E-state index contributed by atoms with van der Waals surface area (Å²) >= 11 is 0. The van der Waals surface area contributed by atoms with Crippen molar-refractivity contribution >= 4 is 11.8 Å². The SMILES string of the molecule is C=CC1CC(=O)N(CCCNC(C)=O)C1. The normalized spacial score (nSPS) is 20.5. The predicted octanol–water partition coefficient (Wildman–Crippen LogP) is 0.547. The molecular formula is C11H18N2O2. The van der Waals surface area contributed by atoms with Crippen LogP contribution in [0.5, 0.6) is 0 Å². The second-order valence-corrected chi connectivity index (χ2v) is 3.88. The molecule has 1 saturated heterocycles. The highest BCUT2D eigenvalue weighted by Gasteiger charge is 2.26. The van der Waals surface area contributed by atoms with Crippen molar-refractivity contribution in [1.82, 2.24) is 10.2 Å². The molecule has 0 aromatic rings. The van der Waals surface area contributed by atoms with Crippen LogP contribution in [0.1, 0.15) is 19.8 Å². The largest absolute Gasteiger partial charge is 0.356 e. The van der Waals surface area contributed by atoms with Crippen molar-refractivity contribution in [1.29, 1.82) is 0 Å². The van der Waals surface area contributed by atoms with Crippen molar-refractivity contribution in [3.05, 3.63) is 12.7 Å². The first-order chi connectivity index (χ1) is 7.13. The van der Waals surface area contributed by atoms with E-state index in [9.17, 15) is 9.59 Å². The molecule has 1 aliphatic heterocycles. The van der Waals surface area contributed by atoms with Crippen LogP contribution in [0.4, 0.5) is 0 Å². The maximum Gasteiger partial charge on any atom is 0.223 e. The number of carbonyl (C=O) groups is 2. The smallest absolute Gasteiger partial charge is 0.223 e. The highest BCUT2D eigenvalue weighted by atomic mass is 16.2. The number of nitrogens with zero attached hydrogens (tertiary/aromatic N) is 1. The van der Waals surface area contributed by atoms with Crippen molar-refractivity contribution in [2.45, 2.75) is 19.8 Å². The first kappa shape index (κ1) is 11.8. The van der Waals surface area contributed by atoms with E-state index in [1.165, 1.54) is 6.92 Å². The number of nitrogens with one attached hydrogen (secondary N) is 1. The molecule has 84 valence electrons. The van der Waals surface area contributed by atoms with Crippen molar-refractivity contribution in [2.75, 3.05) is 19.6 Å². The van der Waals surface area contributed by atoms with Crippen molar-refractivity contribution in [3.63, 3.8) is 0 Å². The van der Waals surface area contributed by atoms with E-state index < -0.39 is 0 Å². The number of likely N-dealkylation sites (tertiary alicyclic amines) is 1. The second-order valence-electron chi connectivity index (χ2n) is 3.88. The fourth-order valence-electron chi connectivity index (χ4n) is 1.71. The van der Waals surface area contributed by atoms with Gasteiger partial charge in [0.1, 0.15) is 0 Å². The van der Waals surface area contributed by atoms with Crippen LogP contribution in [0.25, 0.3) is 0 Å². The van der Waals surface area contributed by atoms with Gasteiger partial charge in [-0.3, -0.25) is 9.59 Å². The minimum Gasteiger partial charge on any atom is -0.356 e. The molecular weight excluding hydrogens is 192 g/mol. The fraction of sp³-hybridized carbons (Fsp3) is 0.636. The molecule has 0 spiro atoms. The van der Waals surface area contributed by atoms with Gasteiger partial charge in [0.05, 0.1) is 0 Å². The summed E-state index contributed by atoms with van der Waals surface area (Å²) in [5, 5.41) is 2.71.